The highest BCUT2D eigenvalue weighted by molar-refractivity contribution is 7.90. The number of ether oxygens (including phenoxy) is 1. The van der Waals surface area contributed by atoms with Crippen LogP contribution in [0.25, 0.3) is 0 Å². The zero-order chi connectivity index (χ0) is 14.8. The van der Waals surface area contributed by atoms with Crippen molar-refractivity contribution in [3.05, 3.63) is 40.3 Å². The van der Waals surface area contributed by atoms with Crippen molar-refractivity contribution in [3.63, 3.8) is 0 Å². The lowest BCUT2D eigenvalue weighted by atomic mass is 10.3. The Kier molecular flexibility index (Phi) is 4.67. The van der Waals surface area contributed by atoms with E-state index in [1.54, 1.807) is 18.2 Å². The van der Waals surface area contributed by atoms with Gasteiger partial charge < -0.3 is 4.74 Å². The van der Waals surface area contributed by atoms with Gasteiger partial charge in [-0.25, -0.2) is 13.4 Å². The summed E-state index contributed by atoms with van der Waals surface area (Å²) in [4.78, 5) is 4.58. The minimum atomic E-state index is -3.24. The normalized spacial score (nSPS) is 13.2. The van der Waals surface area contributed by atoms with Crippen LogP contribution in [0.4, 0.5) is 0 Å². The molecule has 0 N–H and O–H groups in total. The fourth-order valence-electron chi connectivity index (χ4n) is 1.60. The summed E-state index contributed by atoms with van der Waals surface area (Å²) in [5.74, 6) is 0.871. The second-order valence-corrected chi connectivity index (χ2v) is 7.49. The number of alkyl halides is 1. The second-order valence-electron chi connectivity index (χ2n) is 4.32. The molecule has 0 aliphatic carbocycles. The standard InChI is InChI=1S/C13H14ClNO3S2/c1-9(13-15-10(7-14)8-19-13)18-11-4-3-5-12(6-11)20(2,16)17/h3-6,8-9H,7H2,1-2H3. The van der Waals surface area contributed by atoms with E-state index in [0.717, 1.165) is 10.7 Å². The molecule has 7 heteroatoms. The maximum atomic E-state index is 11.5. The molecule has 2 rings (SSSR count). The van der Waals surface area contributed by atoms with Gasteiger partial charge in [-0.05, 0) is 25.1 Å². The van der Waals surface area contributed by atoms with E-state index in [1.165, 1.54) is 23.7 Å². The quantitative estimate of drug-likeness (QED) is 0.788. The summed E-state index contributed by atoms with van der Waals surface area (Å²) >= 11 is 7.19. The number of sulfone groups is 1. The van der Waals surface area contributed by atoms with Gasteiger partial charge in [0.2, 0.25) is 0 Å². The van der Waals surface area contributed by atoms with E-state index in [4.69, 9.17) is 16.3 Å². The number of thiazole rings is 1. The van der Waals surface area contributed by atoms with E-state index in [0.29, 0.717) is 11.6 Å². The number of nitrogens with zero attached hydrogens (tertiary/aromatic N) is 1. The first-order chi connectivity index (χ1) is 9.40. The van der Waals surface area contributed by atoms with Crippen LogP contribution < -0.4 is 4.74 Å². The predicted molar refractivity (Wildman–Crippen MR) is 80.3 cm³/mol. The Morgan fingerprint density at radius 2 is 2.20 bits per heavy atom. The molecule has 1 aromatic carbocycles. The fraction of sp³-hybridized carbons (Fsp3) is 0.308. The van der Waals surface area contributed by atoms with E-state index < -0.39 is 9.84 Å². The van der Waals surface area contributed by atoms with Crippen LogP contribution in [-0.4, -0.2) is 19.7 Å². The molecule has 108 valence electrons. The Balaban J connectivity index is 2.17. The molecule has 4 nitrogen and oxygen atoms in total. The predicted octanol–water partition coefficient (Wildman–Crippen LogP) is 3.43. The third-order valence-corrected chi connectivity index (χ3v) is 5.04. The molecular formula is C13H14ClNO3S2. The minimum Gasteiger partial charge on any atom is -0.484 e. The van der Waals surface area contributed by atoms with Crippen molar-refractivity contribution in [2.75, 3.05) is 6.26 Å². The summed E-state index contributed by atoms with van der Waals surface area (Å²) in [5, 5.41) is 2.69. The van der Waals surface area contributed by atoms with E-state index in [1.807, 2.05) is 12.3 Å². The molecule has 0 saturated carbocycles. The van der Waals surface area contributed by atoms with Crippen molar-refractivity contribution < 1.29 is 13.2 Å². The highest BCUT2D eigenvalue weighted by atomic mass is 35.5. The molecule has 1 unspecified atom stereocenters. The van der Waals surface area contributed by atoms with Crippen LogP contribution >= 0.6 is 22.9 Å². The SMILES string of the molecule is CC(Oc1cccc(S(C)(=O)=O)c1)c1nc(CCl)cs1. The molecule has 1 aromatic heterocycles. The molecule has 20 heavy (non-hydrogen) atoms. The van der Waals surface area contributed by atoms with Crippen molar-refractivity contribution in [2.24, 2.45) is 0 Å². The lowest BCUT2D eigenvalue weighted by molar-refractivity contribution is 0.225. The smallest absolute Gasteiger partial charge is 0.175 e. The number of rotatable bonds is 5. The third kappa shape index (κ3) is 3.71. The highest BCUT2D eigenvalue weighted by Gasteiger charge is 2.14. The van der Waals surface area contributed by atoms with Crippen LogP contribution in [0.1, 0.15) is 23.7 Å². The number of halogens is 1. The maximum absolute atomic E-state index is 11.5. The Morgan fingerprint density at radius 3 is 2.80 bits per heavy atom. The minimum absolute atomic E-state index is 0.239. The molecule has 1 atom stereocenters. The van der Waals surface area contributed by atoms with Crippen molar-refractivity contribution in [1.82, 2.24) is 4.98 Å². The lowest BCUT2D eigenvalue weighted by Gasteiger charge is -2.12. The third-order valence-electron chi connectivity index (χ3n) is 2.60. The van der Waals surface area contributed by atoms with Gasteiger partial charge in [0.1, 0.15) is 16.9 Å². The Hall–Kier alpha value is -1.11. The van der Waals surface area contributed by atoms with E-state index >= 15 is 0 Å². The summed E-state index contributed by atoms with van der Waals surface area (Å²) in [6.07, 6.45) is 0.912. The number of hydrogen-bond acceptors (Lipinski definition) is 5. The van der Waals surface area contributed by atoms with Crippen LogP contribution in [0.5, 0.6) is 5.75 Å². The first-order valence-corrected chi connectivity index (χ1v) is 9.18. The van der Waals surface area contributed by atoms with Gasteiger partial charge in [-0.2, -0.15) is 0 Å². The molecule has 0 spiro atoms. The summed E-state index contributed by atoms with van der Waals surface area (Å²) < 4.78 is 28.7. The highest BCUT2D eigenvalue weighted by Crippen LogP contribution is 2.26. The van der Waals surface area contributed by atoms with Crippen molar-refractivity contribution in [1.29, 1.82) is 0 Å². The van der Waals surface area contributed by atoms with Crippen LogP contribution in [0.3, 0.4) is 0 Å². The van der Waals surface area contributed by atoms with Crippen LogP contribution in [0.15, 0.2) is 34.5 Å². The molecule has 0 bridgehead atoms. The van der Waals surface area contributed by atoms with Gasteiger partial charge in [0.25, 0.3) is 0 Å². The van der Waals surface area contributed by atoms with Gasteiger partial charge in [-0.15, -0.1) is 22.9 Å². The monoisotopic (exact) mass is 331 g/mol. The maximum Gasteiger partial charge on any atom is 0.175 e. The molecule has 0 fully saturated rings. The van der Waals surface area contributed by atoms with Gasteiger partial charge in [-0.3, -0.25) is 0 Å². The van der Waals surface area contributed by atoms with Crippen LogP contribution in [0, 0.1) is 0 Å². The number of benzene rings is 1. The topological polar surface area (TPSA) is 56.3 Å². The van der Waals surface area contributed by atoms with Gasteiger partial charge >= 0.3 is 0 Å². The molecule has 0 saturated heterocycles. The fourth-order valence-corrected chi connectivity index (χ4v) is 3.29. The van der Waals surface area contributed by atoms with Gasteiger partial charge in [0.15, 0.2) is 9.84 Å². The van der Waals surface area contributed by atoms with Crippen LogP contribution in [-0.2, 0) is 15.7 Å². The Labute approximate surface area is 127 Å². The van der Waals surface area contributed by atoms with E-state index in [9.17, 15) is 8.42 Å². The van der Waals surface area contributed by atoms with Crippen molar-refractivity contribution >= 4 is 32.8 Å². The zero-order valence-corrected chi connectivity index (χ0v) is 13.4. The van der Waals surface area contributed by atoms with Crippen LogP contribution in [0.2, 0.25) is 0 Å². The molecular weight excluding hydrogens is 318 g/mol. The summed E-state index contributed by atoms with van der Waals surface area (Å²) in [5.41, 5.74) is 0.812. The van der Waals surface area contributed by atoms with Crippen molar-refractivity contribution in [3.8, 4) is 5.75 Å². The first-order valence-electron chi connectivity index (χ1n) is 5.87. The second kappa shape index (κ2) is 6.11. The Morgan fingerprint density at radius 1 is 1.45 bits per heavy atom. The largest absolute Gasteiger partial charge is 0.484 e. The summed E-state index contributed by atoms with van der Waals surface area (Å²) in [6, 6.07) is 6.44. The molecule has 0 aliphatic rings. The molecule has 0 radical (unpaired) electrons. The first kappa shape index (κ1) is 15.3. The molecule has 2 aromatic rings. The number of hydrogen-bond donors (Lipinski definition) is 0. The number of aromatic nitrogens is 1. The summed E-state index contributed by atoms with van der Waals surface area (Å²) in [7, 11) is -3.24. The zero-order valence-electron chi connectivity index (χ0n) is 11.0. The van der Waals surface area contributed by atoms with Crippen molar-refractivity contribution in [2.45, 2.75) is 23.8 Å². The van der Waals surface area contributed by atoms with E-state index in [-0.39, 0.29) is 11.0 Å². The Bertz CT molecular complexity index is 697. The van der Waals surface area contributed by atoms with Gasteiger partial charge in [0, 0.05) is 11.6 Å². The summed E-state index contributed by atoms with van der Waals surface area (Å²) in [6.45, 7) is 1.87. The van der Waals surface area contributed by atoms with E-state index in [2.05, 4.69) is 4.98 Å². The average molecular weight is 332 g/mol. The average Bonchev–Trinajstić information content (AvgIpc) is 2.87. The molecule has 0 aliphatic heterocycles. The molecule has 0 amide bonds. The van der Waals surface area contributed by atoms with Gasteiger partial charge in [0.05, 0.1) is 16.5 Å². The molecule has 1 heterocycles. The van der Waals surface area contributed by atoms with Gasteiger partial charge in [-0.1, -0.05) is 6.07 Å². The lowest BCUT2D eigenvalue weighted by Crippen LogP contribution is -2.04.